The fraction of sp³-hybridized carbons (Fsp3) is 0.192. The van der Waals surface area contributed by atoms with E-state index in [1.54, 1.807) is 11.8 Å². The quantitative estimate of drug-likeness (QED) is 0.448. The summed E-state index contributed by atoms with van der Waals surface area (Å²) in [6.45, 7) is 0.421. The van der Waals surface area contributed by atoms with Gasteiger partial charge in [-0.25, -0.2) is 4.68 Å². The Kier molecular flexibility index (Phi) is 6.80. The van der Waals surface area contributed by atoms with Crippen LogP contribution in [-0.4, -0.2) is 53.6 Å². The molecule has 1 heterocycles. The number of rotatable bonds is 8. The third kappa shape index (κ3) is 4.94. The second-order valence-corrected chi connectivity index (χ2v) is 7.86. The maximum atomic E-state index is 13.3. The number of nitrogens with zero attached hydrogens (tertiary/aromatic N) is 4. The first-order chi connectivity index (χ1) is 16.1. The molecule has 0 bridgehead atoms. The third-order valence-corrected chi connectivity index (χ3v) is 5.51. The van der Waals surface area contributed by atoms with E-state index in [1.165, 1.54) is 0 Å². The largest absolute Gasteiger partial charge is 0.497 e. The molecule has 168 valence electrons. The van der Waals surface area contributed by atoms with Gasteiger partial charge in [0.2, 0.25) is 0 Å². The molecule has 0 aliphatic carbocycles. The molecule has 0 saturated heterocycles. The average Bonchev–Trinajstić information content (AvgIpc) is 3.31. The lowest BCUT2D eigenvalue weighted by Gasteiger charge is -2.25. The summed E-state index contributed by atoms with van der Waals surface area (Å²) >= 11 is 0. The van der Waals surface area contributed by atoms with Crippen LogP contribution in [0.1, 0.15) is 22.1 Å². The molecule has 0 spiro atoms. The van der Waals surface area contributed by atoms with Gasteiger partial charge in [0.15, 0.2) is 5.69 Å². The zero-order valence-electron chi connectivity index (χ0n) is 19.0. The van der Waals surface area contributed by atoms with Crippen LogP contribution in [-0.2, 0) is 0 Å². The van der Waals surface area contributed by atoms with Gasteiger partial charge >= 0.3 is 0 Å². The molecule has 4 aromatic rings. The number of aromatic nitrogens is 3. The van der Waals surface area contributed by atoms with E-state index in [0.717, 1.165) is 22.6 Å². The van der Waals surface area contributed by atoms with Crippen LogP contribution in [0.15, 0.2) is 84.9 Å². The maximum absolute atomic E-state index is 13.3. The van der Waals surface area contributed by atoms with Crippen LogP contribution in [0.4, 0.5) is 0 Å². The first-order valence-electron chi connectivity index (χ1n) is 10.7. The van der Waals surface area contributed by atoms with Crippen molar-refractivity contribution in [1.82, 2.24) is 25.2 Å². The zero-order chi connectivity index (χ0) is 23.2. The molecule has 0 aliphatic heterocycles. The van der Waals surface area contributed by atoms with Crippen LogP contribution in [0.2, 0.25) is 0 Å². The number of hydrogen-bond donors (Lipinski definition) is 1. The summed E-state index contributed by atoms with van der Waals surface area (Å²) in [6, 6.07) is 27.3. The number of methoxy groups -OCH3 is 1. The molecular formula is C26H27N5O2. The first-order valence-corrected chi connectivity index (χ1v) is 10.7. The molecule has 1 aromatic heterocycles. The Bertz CT molecular complexity index is 1190. The summed E-state index contributed by atoms with van der Waals surface area (Å²) in [6.07, 6.45) is 0. The summed E-state index contributed by atoms with van der Waals surface area (Å²) in [5.41, 5.74) is 3.74. The lowest BCUT2D eigenvalue weighted by atomic mass is 10.1. The third-order valence-electron chi connectivity index (χ3n) is 5.51. The van der Waals surface area contributed by atoms with Gasteiger partial charge in [0.25, 0.3) is 5.91 Å². The molecule has 3 aromatic carbocycles. The molecule has 0 aliphatic rings. The minimum absolute atomic E-state index is 0.0100. The molecule has 0 radical (unpaired) electrons. The summed E-state index contributed by atoms with van der Waals surface area (Å²) in [4.78, 5) is 15.3. The molecule has 0 fully saturated rings. The van der Waals surface area contributed by atoms with Gasteiger partial charge in [-0.15, -0.1) is 5.10 Å². The summed E-state index contributed by atoms with van der Waals surface area (Å²) in [7, 11) is 5.62. The van der Waals surface area contributed by atoms with Crippen molar-refractivity contribution in [2.45, 2.75) is 6.04 Å². The van der Waals surface area contributed by atoms with Crippen LogP contribution in [0.25, 0.3) is 16.9 Å². The maximum Gasteiger partial charge on any atom is 0.274 e. The topological polar surface area (TPSA) is 72.3 Å². The second-order valence-electron chi connectivity index (χ2n) is 7.86. The van der Waals surface area contributed by atoms with Gasteiger partial charge in [-0.3, -0.25) is 4.79 Å². The van der Waals surface area contributed by atoms with Gasteiger partial charge in [0.1, 0.15) is 11.4 Å². The highest BCUT2D eigenvalue weighted by Gasteiger charge is 2.23. The van der Waals surface area contributed by atoms with E-state index in [-0.39, 0.29) is 17.6 Å². The zero-order valence-corrected chi connectivity index (χ0v) is 19.0. The Morgan fingerprint density at radius 3 is 2.21 bits per heavy atom. The lowest BCUT2D eigenvalue weighted by molar-refractivity contribution is 0.0937. The minimum atomic E-state index is -0.267. The number of likely N-dealkylation sites (N-methyl/N-ethyl adjacent to an activating group) is 1. The van der Waals surface area contributed by atoms with Crippen molar-refractivity contribution in [3.63, 3.8) is 0 Å². The standard InChI is InChI=1S/C26H27N5O2/c1-30(2)23(19-14-16-22(33-3)17-15-19)18-27-26(32)24-25(20-10-6-4-7-11-20)31(29-28-24)21-12-8-5-9-13-21/h4-17,23H,18H2,1-3H3,(H,27,32). The highest BCUT2D eigenvalue weighted by Crippen LogP contribution is 2.26. The van der Waals surface area contributed by atoms with Crippen molar-refractivity contribution in [3.8, 4) is 22.7 Å². The number of amides is 1. The SMILES string of the molecule is COc1ccc(C(CNC(=O)c2nnn(-c3ccccc3)c2-c2ccccc2)N(C)C)cc1. The monoisotopic (exact) mass is 441 g/mol. The molecule has 4 rings (SSSR count). The molecular weight excluding hydrogens is 414 g/mol. The molecule has 7 heteroatoms. The normalized spacial score (nSPS) is 11.9. The first kappa shape index (κ1) is 22.2. The summed E-state index contributed by atoms with van der Waals surface area (Å²) < 4.78 is 6.96. The summed E-state index contributed by atoms with van der Waals surface area (Å²) in [5, 5.41) is 11.6. The van der Waals surface area contributed by atoms with Gasteiger partial charge in [-0.05, 0) is 43.9 Å². The highest BCUT2D eigenvalue weighted by atomic mass is 16.5. The van der Waals surface area contributed by atoms with Gasteiger partial charge in [-0.2, -0.15) is 0 Å². The Morgan fingerprint density at radius 1 is 0.970 bits per heavy atom. The van der Waals surface area contributed by atoms with Crippen molar-refractivity contribution >= 4 is 5.91 Å². The lowest BCUT2D eigenvalue weighted by Crippen LogP contribution is -2.35. The number of carbonyl (C=O) groups excluding carboxylic acids is 1. The summed E-state index contributed by atoms with van der Waals surface area (Å²) in [5.74, 6) is 0.529. The number of carbonyl (C=O) groups is 1. The molecule has 1 unspecified atom stereocenters. The Balaban J connectivity index is 1.62. The van der Waals surface area contributed by atoms with E-state index in [2.05, 4.69) is 20.5 Å². The molecule has 1 atom stereocenters. The van der Waals surface area contributed by atoms with Crippen molar-refractivity contribution < 1.29 is 9.53 Å². The minimum Gasteiger partial charge on any atom is -0.497 e. The van der Waals surface area contributed by atoms with Crippen molar-refractivity contribution in [2.75, 3.05) is 27.7 Å². The number of ether oxygens (including phenoxy) is 1. The molecule has 0 saturated carbocycles. The van der Waals surface area contributed by atoms with Crippen LogP contribution in [0, 0.1) is 0 Å². The number of benzene rings is 3. The van der Waals surface area contributed by atoms with Crippen molar-refractivity contribution in [2.24, 2.45) is 0 Å². The van der Waals surface area contributed by atoms with Gasteiger partial charge in [-0.1, -0.05) is 65.9 Å². The fourth-order valence-electron chi connectivity index (χ4n) is 3.74. The van der Waals surface area contributed by atoms with Crippen LogP contribution in [0.5, 0.6) is 5.75 Å². The molecule has 1 amide bonds. The number of hydrogen-bond acceptors (Lipinski definition) is 5. The Morgan fingerprint density at radius 2 is 1.61 bits per heavy atom. The fourth-order valence-corrected chi connectivity index (χ4v) is 3.74. The average molecular weight is 442 g/mol. The van der Waals surface area contributed by atoms with Crippen LogP contribution >= 0.6 is 0 Å². The van der Waals surface area contributed by atoms with E-state index in [9.17, 15) is 4.79 Å². The van der Waals surface area contributed by atoms with E-state index >= 15 is 0 Å². The Labute approximate surface area is 193 Å². The second kappa shape index (κ2) is 10.1. The smallest absolute Gasteiger partial charge is 0.274 e. The van der Waals surface area contributed by atoms with Crippen molar-refractivity contribution in [3.05, 3.63) is 96.2 Å². The molecule has 33 heavy (non-hydrogen) atoms. The highest BCUT2D eigenvalue weighted by molar-refractivity contribution is 5.98. The van der Waals surface area contributed by atoms with E-state index in [1.807, 2.05) is 99.0 Å². The Hall–Kier alpha value is -3.97. The number of nitrogens with one attached hydrogen (secondary N) is 1. The van der Waals surface area contributed by atoms with Gasteiger partial charge in [0.05, 0.1) is 18.8 Å². The van der Waals surface area contributed by atoms with Crippen LogP contribution < -0.4 is 10.1 Å². The van der Waals surface area contributed by atoms with Gasteiger partial charge in [0, 0.05) is 12.1 Å². The van der Waals surface area contributed by atoms with E-state index < -0.39 is 0 Å². The van der Waals surface area contributed by atoms with E-state index in [4.69, 9.17) is 4.74 Å². The molecule has 7 nitrogen and oxygen atoms in total. The van der Waals surface area contributed by atoms with Crippen LogP contribution in [0.3, 0.4) is 0 Å². The van der Waals surface area contributed by atoms with Crippen molar-refractivity contribution in [1.29, 1.82) is 0 Å². The predicted molar refractivity (Wildman–Crippen MR) is 129 cm³/mol. The predicted octanol–water partition coefficient (Wildman–Crippen LogP) is 3.98. The molecule has 1 N–H and O–H groups in total. The van der Waals surface area contributed by atoms with E-state index in [0.29, 0.717) is 12.2 Å². The number of para-hydroxylation sites is 1. The van der Waals surface area contributed by atoms with Gasteiger partial charge < -0.3 is 15.0 Å².